The zero-order valence-electron chi connectivity index (χ0n) is 12.0. The number of hydrogen-bond donors (Lipinski definition) is 1. The molecule has 1 N–H and O–H groups in total. The van der Waals surface area contributed by atoms with Gasteiger partial charge in [-0.1, -0.05) is 19.6 Å². The van der Waals surface area contributed by atoms with Crippen LogP contribution in [0.15, 0.2) is 30.4 Å². The summed E-state index contributed by atoms with van der Waals surface area (Å²) in [7, 11) is 0. The highest BCUT2D eigenvalue weighted by molar-refractivity contribution is 5.37. The number of rotatable bonds is 7. The van der Waals surface area contributed by atoms with Crippen LogP contribution in [-0.4, -0.2) is 19.7 Å². The first-order valence-electron chi connectivity index (χ1n) is 7.41. The Kier molecular flexibility index (Phi) is 5.46. The standard InChI is InChI=1S/C17H25NO/c1-3-10-18-12-14(2)13-19-17-9-8-15-6-4-5-7-16(15)11-17/h8-9,11,18H,2-7,10,12-13H2,1H3. The van der Waals surface area contributed by atoms with Gasteiger partial charge in [0.2, 0.25) is 0 Å². The van der Waals surface area contributed by atoms with E-state index >= 15 is 0 Å². The summed E-state index contributed by atoms with van der Waals surface area (Å²) >= 11 is 0. The van der Waals surface area contributed by atoms with Gasteiger partial charge >= 0.3 is 0 Å². The van der Waals surface area contributed by atoms with E-state index in [1.165, 1.54) is 36.8 Å². The lowest BCUT2D eigenvalue weighted by Crippen LogP contribution is -2.20. The molecule has 104 valence electrons. The predicted molar refractivity (Wildman–Crippen MR) is 80.9 cm³/mol. The maximum Gasteiger partial charge on any atom is 0.120 e. The van der Waals surface area contributed by atoms with Gasteiger partial charge in [0.25, 0.3) is 0 Å². The molecule has 0 saturated carbocycles. The summed E-state index contributed by atoms with van der Waals surface area (Å²) in [6.45, 7) is 8.70. The van der Waals surface area contributed by atoms with E-state index in [4.69, 9.17) is 4.74 Å². The van der Waals surface area contributed by atoms with Crippen molar-refractivity contribution in [1.29, 1.82) is 0 Å². The average Bonchev–Trinajstić information content (AvgIpc) is 2.45. The summed E-state index contributed by atoms with van der Waals surface area (Å²) in [6.07, 6.45) is 6.21. The van der Waals surface area contributed by atoms with E-state index in [0.29, 0.717) is 6.61 Å². The van der Waals surface area contributed by atoms with E-state index < -0.39 is 0 Å². The lowest BCUT2D eigenvalue weighted by Gasteiger charge is -2.17. The monoisotopic (exact) mass is 259 g/mol. The van der Waals surface area contributed by atoms with E-state index in [2.05, 4.69) is 37.0 Å². The minimum absolute atomic E-state index is 0.607. The maximum atomic E-state index is 5.83. The molecule has 0 saturated heterocycles. The van der Waals surface area contributed by atoms with Crippen LogP contribution in [0.2, 0.25) is 0 Å². The smallest absolute Gasteiger partial charge is 0.120 e. The minimum Gasteiger partial charge on any atom is -0.489 e. The van der Waals surface area contributed by atoms with Gasteiger partial charge in [0.15, 0.2) is 0 Å². The number of fused-ring (bicyclic) bond motifs is 1. The van der Waals surface area contributed by atoms with Crippen LogP contribution in [0.1, 0.15) is 37.3 Å². The average molecular weight is 259 g/mol. The normalized spacial score (nSPS) is 13.9. The molecule has 0 aliphatic heterocycles. The highest BCUT2D eigenvalue weighted by Crippen LogP contribution is 2.25. The highest BCUT2D eigenvalue weighted by atomic mass is 16.5. The maximum absolute atomic E-state index is 5.83. The molecule has 0 heterocycles. The van der Waals surface area contributed by atoms with Crippen LogP contribution >= 0.6 is 0 Å². The molecule has 2 heteroatoms. The fraction of sp³-hybridized carbons (Fsp3) is 0.529. The number of ether oxygens (including phenoxy) is 1. The van der Waals surface area contributed by atoms with Crippen LogP contribution in [0, 0.1) is 0 Å². The van der Waals surface area contributed by atoms with Crippen molar-refractivity contribution in [3.8, 4) is 5.75 Å². The second-order valence-corrected chi connectivity index (χ2v) is 5.35. The van der Waals surface area contributed by atoms with E-state index in [-0.39, 0.29) is 0 Å². The lowest BCUT2D eigenvalue weighted by molar-refractivity contribution is 0.347. The Bertz CT molecular complexity index is 425. The molecule has 0 amide bonds. The van der Waals surface area contributed by atoms with Crippen molar-refractivity contribution in [2.75, 3.05) is 19.7 Å². The highest BCUT2D eigenvalue weighted by Gasteiger charge is 2.09. The first-order chi connectivity index (χ1) is 9.29. The first kappa shape index (κ1) is 14.1. The summed E-state index contributed by atoms with van der Waals surface area (Å²) in [6, 6.07) is 6.53. The Morgan fingerprint density at radius 1 is 1.26 bits per heavy atom. The van der Waals surface area contributed by atoms with E-state index in [1.807, 2.05) is 0 Å². The van der Waals surface area contributed by atoms with E-state index in [9.17, 15) is 0 Å². The van der Waals surface area contributed by atoms with Crippen LogP contribution in [0.4, 0.5) is 0 Å². The molecule has 0 aromatic heterocycles. The Morgan fingerprint density at radius 2 is 2.05 bits per heavy atom. The van der Waals surface area contributed by atoms with Gasteiger partial charge in [0, 0.05) is 6.54 Å². The number of hydrogen-bond acceptors (Lipinski definition) is 2. The Hall–Kier alpha value is -1.28. The van der Waals surface area contributed by atoms with Gasteiger partial charge in [-0.3, -0.25) is 0 Å². The summed E-state index contributed by atoms with van der Waals surface area (Å²) < 4.78 is 5.83. The van der Waals surface area contributed by atoms with Crippen molar-refractivity contribution in [2.45, 2.75) is 39.0 Å². The zero-order chi connectivity index (χ0) is 13.5. The van der Waals surface area contributed by atoms with Crippen LogP contribution in [0.5, 0.6) is 5.75 Å². The van der Waals surface area contributed by atoms with Gasteiger partial charge in [-0.15, -0.1) is 0 Å². The third kappa shape index (κ3) is 4.39. The molecule has 0 unspecified atom stereocenters. The van der Waals surface area contributed by atoms with Crippen molar-refractivity contribution in [3.63, 3.8) is 0 Å². The van der Waals surface area contributed by atoms with Crippen molar-refractivity contribution >= 4 is 0 Å². The van der Waals surface area contributed by atoms with Crippen LogP contribution < -0.4 is 10.1 Å². The molecule has 0 radical (unpaired) electrons. The molecule has 1 aliphatic carbocycles. The minimum atomic E-state index is 0.607. The Morgan fingerprint density at radius 3 is 2.84 bits per heavy atom. The van der Waals surface area contributed by atoms with E-state index in [0.717, 1.165) is 30.8 Å². The Labute approximate surface area is 116 Å². The van der Waals surface area contributed by atoms with Gasteiger partial charge in [-0.25, -0.2) is 0 Å². The fourth-order valence-corrected chi connectivity index (χ4v) is 2.48. The molecular weight excluding hydrogens is 234 g/mol. The largest absolute Gasteiger partial charge is 0.489 e. The van der Waals surface area contributed by atoms with Crippen LogP contribution in [0.3, 0.4) is 0 Å². The molecule has 0 atom stereocenters. The molecule has 0 fully saturated rings. The second kappa shape index (κ2) is 7.34. The molecule has 0 bridgehead atoms. The quantitative estimate of drug-likeness (QED) is 0.598. The third-order valence-corrected chi connectivity index (χ3v) is 3.56. The zero-order valence-corrected chi connectivity index (χ0v) is 12.0. The summed E-state index contributed by atoms with van der Waals surface area (Å²) in [4.78, 5) is 0. The molecule has 1 aliphatic rings. The SMILES string of the molecule is C=C(CNCCC)COc1ccc2c(c1)CCCC2. The van der Waals surface area contributed by atoms with Crippen molar-refractivity contribution < 1.29 is 4.74 Å². The van der Waals surface area contributed by atoms with Gasteiger partial charge in [-0.05, 0) is 67.5 Å². The summed E-state index contributed by atoms with van der Waals surface area (Å²) in [5, 5.41) is 3.34. The lowest BCUT2D eigenvalue weighted by atomic mass is 9.92. The summed E-state index contributed by atoms with van der Waals surface area (Å²) in [5.74, 6) is 0.984. The molecule has 2 nitrogen and oxygen atoms in total. The first-order valence-corrected chi connectivity index (χ1v) is 7.41. The molecule has 1 aromatic rings. The van der Waals surface area contributed by atoms with E-state index in [1.54, 1.807) is 0 Å². The van der Waals surface area contributed by atoms with Crippen LogP contribution in [-0.2, 0) is 12.8 Å². The van der Waals surface area contributed by atoms with Gasteiger partial charge in [0.05, 0.1) is 0 Å². The van der Waals surface area contributed by atoms with Crippen LogP contribution in [0.25, 0.3) is 0 Å². The third-order valence-electron chi connectivity index (χ3n) is 3.56. The molecule has 0 spiro atoms. The molecule has 1 aromatic carbocycles. The van der Waals surface area contributed by atoms with Crippen molar-refractivity contribution in [1.82, 2.24) is 5.32 Å². The van der Waals surface area contributed by atoms with Gasteiger partial charge < -0.3 is 10.1 Å². The topological polar surface area (TPSA) is 21.3 Å². The second-order valence-electron chi connectivity index (χ2n) is 5.35. The molecular formula is C17H25NO. The number of aryl methyl sites for hydroxylation is 2. The van der Waals surface area contributed by atoms with Crippen molar-refractivity contribution in [3.05, 3.63) is 41.5 Å². The number of nitrogens with one attached hydrogen (secondary N) is 1. The fourth-order valence-electron chi connectivity index (χ4n) is 2.48. The molecule has 19 heavy (non-hydrogen) atoms. The molecule has 2 rings (SSSR count). The summed E-state index contributed by atoms with van der Waals surface area (Å²) in [5.41, 5.74) is 4.08. The predicted octanol–water partition coefficient (Wildman–Crippen LogP) is 3.50. The number of benzene rings is 1. The van der Waals surface area contributed by atoms with Crippen molar-refractivity contribution in [2.24, 2.45) is 0 Å². The van der Waals surface area contributed by atoms with Gasteiger partial charge in [0.1, 0.15) is 12.4 Å². The Balaban J connectivity index is 1.81. The van der Waals surface area contributed by atoms with Gasteiger partial charge in [-0.2, -0.15) is 0 Å².